The number of likely N-dealkylation sites (N-methyl/N-ethyl adjacent to an activating group) is 1. The lowest BCUT2D eigenvalue weighted by Gasteiger charge is -2.30. The lowest BCUT2D eigenvalue weighted by atomic mass is 9.84. The number of nitrogens with zero attached hydrogens (tertiary/aromatic N) is 1. The lowest BCUT2D eigenvalue weighted by molar-refractivity contribution is -0.138. The van der Waals surface area contributed by atoms with E-state index in [4.69, 9.17) is 0 Å². The summed E-state index contributed by atoms with van der Waals surface area (Å²) in [4.78, 5) is 25.0. The maximum atomic E-state index is 12.0. The molecule has 1 aliphatic carbocycles. The molecule has 3 atom stereocenters. The highest BCUT2D eigenvalue weighted by atomic mass is 16.2. The van der Waals surface area contributed by atoms with E-state index in [1.54, 1.807) is 0 Å². The second-order valence-electron chi connectivity index (χ2n) is 5.54. The van der Waals surface area contributed by atoms with Gasteiger partial charge in [-0.15, -0.1) is 0 Å². The molecule has 1 heterocycles. The third kappa shape index (κ3) is 2.74. The van der Waals surface area contributed by atoms with E-state index in [9.17, 15) is 9.59 Å². The van der Waals surface area contributed by atoms with Gasteiger partial charge >= 0.3 is 0 Å². The van der Waals surface area contributed by atoms with Crippen LogP contribution in [0.4, 0.5) is 0 Å². The topological polar surface area (TPSA) is 49.4 Å². The summed E-state index contributed by atoms with van der Waals surface area (Å²) in [6.45, 7) is 4.58. The van der Waals surface area contributed by atoms with Gasteiger partial charge in [0.25, 0.3) is 0 Å². The third-order valence-corrected chi connectivity index (χ3v) is 4.36. The number of carbonyl (C=O) groups excluding carboxylic acids is 2. The molecule has 0 aromatic rings. The highest BCUT2D eigenvalue weighted by Gasteiger charge is 2.38. The van der Waals surface area contributed by atoms with Crippen molar-refractivity contribution in [3.63, 3.8) is 0 Å². The van der Waals surface area contributed by atoms with Crippen molar-refractivity contribution in [1.82, 2.24) is 10.2 Å². The van der Waals surface area contributed by atoms with E-state index in [0.29, 0.717) is 19.0 Å². The third-order valence-electron chi connectivity index (χ3n) is 4.36. The van der Waals surface area contributed by atoms with Crippen molar-refractivity contribution < 1.29 is 9.59 Å². The molecule has 102 valence electrons. The maximum Gasteiger partial charge on any atom is 0.246 e. The van der Waals surface area contributed by atoms with E-state index in [2.05, 4.69) is 12.2 Å². The van der Waals surface area contributed by atoms with Gasteiger partial charge in [0.15, 0.2) is 0 Å². The molecule has 2 rings (SSSR count). The number of hydrogen-bond acceptors (Lipinski definition) is 3. The zero-order valence-electron chi connectivity index (χ0n) is 11.4. The lowest BCUT2D eigenvalue weighted by Crippen LogP contribution is -2.45. The zero-order chi connectivity index (χ0) is 13.1. The van der Waals surface area contributed by atoms with Gasteiger partial charge in [0, 0.05) is 12.6 Å². The Morgan fingerprint density at radius 1 is 1.28 bits per heavy atom. The summed E-state index contributed by atoms with van der Waals surface area (Å²) in [5, 5.41) is 3.41. The summed E-state index contributed by atoms with van der Waals surface area (Å²) >= 11 is 0. The Bertz CT molecular complexity index is 330. The predicted octanol–water partition coefficient (Wildman–Crippen LogP) is 1.69. The van der Waals surface area contributed by atoms with Crippen molar-refractivity contribution >= 4 is 11.8 Å². The molecular weight excluding hydrogens is 228 g/mol. The van der Waals surface area contributed by atoms with Crippen LogP contribution in [0.25, 0.3) is 0 Å². The first-order valence-electron chi connectivity index (χ1n) is 7.25. The van der Waals surface area contributed by atoms with E-state index >= 15 is 0 Å². The Kier molecular flexibility index (Phi) is 4.38. The SMILES string of the molecule is CCC1CCCC(NC2CC(=O)N(CC)C2=O)C1. The average Bonchev–Trinajstić information content (AvgIpc) is 2.64. The molecule has 4 nitrogen and oxygen atoms in total. The first kappa shape index (κ1) is 13.5. The van der Waals surface area contributed by atoms with Gasteiger partial charge in [-0.25, -0.2) is 0 Å². The molecule has 0 bridgehead atoms. The minimum Gasteiger partial charge on any atom is -0.303 e. The van der Waals surface area contributed by atoms with Crippen molar-refractivity contribution in [1.29, 1.82) is 0 Å². The second kappa shape index (κ2) is 5.83. The fraction of sp³-hybridized carbons (Fsp3) is 0.857. The van der Waals surface area contributed by atoms with Gasteiger partial charge < -0.3 is 5.32 Å². The largest absolute Gasteiger partial charge is 0.303 e. The first-order chi connectivity index (χ1) is 8.65. The molecule has 0 radical (unpaired) electrons. The number of likely N-dealkylation sites (tertiary alicyclic amines) is 1. The van der Waals surface area contributed by atoms with Gasteiger partial charge in [-0.05, 0) is 25.7 Å². The van der Waals surface area contributed by atoms with Crippen LogP contribution in [-0.4, -0.2) is 35.3 Å². The highest BCUT2D eigenvalue weighted by molar-refractivity contribution is 6.05. The summed E-state index contributed by atoms with van der Waals surface area (Å²) in [7, 11) is 0. The molecule has 1 saturated carbocycles. The van der Waals surface area contributed by atoms with Crippen LogP contribution >= 0.6 is 0 Å². The van der Waals surface area contributed by atoms with E-state index in [1.807, 2.05) is 6.92 Å². The van der Waals surface area contributed by atoms with Crippen LogP contribution in [0.5, 0.6) is 0 Å². The molecule has 2 amide bonds. The molecule has 0 aromatic heterocycles. The van der Waals surface area contributed by atoms with E-state index < -0.39 is 0 Å². The molecule has 18 heavy (non-hydrogen) atoms. The Morgan fingerprint density at radius 3 is 2.67 bits per heavy atom. The molecule has 1 N–H and O–H groups in total. The van der Waals surface area contributed by atoms with E-state index in [-0.39, 0.29) is 17.9 Å². The quantitative estimate of drug-likeness (QED) is 0.775. The summed E-state index contributed by atoms with van der Waals surface area (Å²) < 4.78 is 0. The van der Waals surface area contributed by atoms with Crippen LogP contribution in [0.1, 0.15) is 52.4 Å². The normalized spacial score (nSPS) is 33.2. The maximum absolute atomic E-state index is 12.0. The molecule has 2 aliphatic rings. The van der Waals surface area contributed by atoms with E-state index in [1.165, 1.54) is 24.2 Å². The number of carbonyl (C=O) groups is 2. The van der Waals surface area contributed by atoms with Crippen LogP contribution in [0.2, 0.25) is 0 Å². The first-order valence-corrected chi connectivity index (χ1v) is 7.25. The smallest absolute Gasteiger partial charge is 0.246 e. The average molecular weight is 252 g/mol. The van der Waals surface area contributed by atoms with Gasteiger partial charge in [-0.1, -0.05) is 26.2 Å². The molecular formula is C14H24N2O2. The van der Waals surface area contributed by atoms with Crippen molar-refractivity contribution in [2.45, 2.75) is 64.5 Å². The predicted molar refractivity (Wildman–Crippen MR) is 70.0 cm³/mol. The highest BCUT2D eigenvalue weighted by Crippen LogP contribution is 2.27. The van der Waals surface area contributed by atoms with Crippen LogP contribution in [0.3, 0.4) is 0 Å². The van der Waals surface area contributed by atoms with Gasteiger partial charge in [-0.3, -0.25) is 14.5 Å². The summed E-state index contributed by atoms with van der Waals surface area (Å²) in [5.74, 6) is 0.731. The standard InChI is InChI=1S/C14H24N2O2/c1-3-10-6-5-7-11(8-10)15-12-9-13(17)16(4-2)14(12)18/h10-12,15H,3-9H2,1-2H3. The van der Waals surface area contributed by atoms with Crippen molar-refractivity contribution in [2.24, 2.45) is 5.92 Å². The molecule has 3 unspecified atom stereocenters. The Labute approximate surface area is 109 Å². The Hall–Kier alpha value is -0.900. The summed E-state index contributed by atoms with van der Waals surface area (Å²) in [5.41, 5.74) is 0. The molecule has 1 saturated heterocycles. The zero-order valence-corrected chi connectivity index (χ0v) is 11.4. The van der Waals surface area contributed by atoms with Crippen LogP contribution in [0, 0.1) is 5.92 Å². The summed E-state index contributed by atoms with van der Waals surface area (Å²) in [6.07, 6.45) is 6.41. The fourth-order valence-corrected chi connectivity index (χ4v) is 3.24. The fourth-order valence-electron chi connectivity index (χ4n) is 3.24. The van der Waals surface area contributed by atoms with Gasteiger partial charge in [0.2, 0.25) is 11.8 Å². The van der Waals surface area contributed by atoms with Gasteiger partial charge in [0.05, 0.1) is 12.5 Å². The van der Waals surface area contributed by atoms with Crippen LogP contribution < -0.4 is 5.32 Å². The minimum absolute atomic E-state index is 0.0251. The number of nitrogens with one attached hydrogen (secondary N) is 1. The monoisotopic (exact) mass is 252 g/mol. The van der Waals surface area contributed by atoms with Crippen molar-refractivity contribution in [2.75, 3.05) is 6.54 Å². The van der Waals surface area contributed by atoms with Gasteiger partial charge in [0.1, 0.15) is 0 Å². The summed E-state index contributed by atoms with van der Waals surface area (Å²) in [6, 6.07) is 0.153. The Balaban J connectivity index is 1.90. The molecule has 2 fully saturated rings. The van der Waals surface area contributed by atoms with Crippen molar-refractivity contribution in [3.05, 3.63) is 0 Å². The number of hydrogen-bond donors (Lipinski definition) is 1. The molecule has 4 heteroatoms. The number of rotatable bonds is 4. The van der Waals surface area contributed by atoms with Crippen LogP contribution in [0.15, 0.2) is 0 Å². The van der Waals surface area contributed by atoms with Crippen molar-refractivity contribution in [3.8, 4) is 0 Å². The molecule has 0 aromatic carbocycles. The minimum atomic E-state index is -0.266. The number of amides is 2. The Morgan fingerprint density at radius 2 is 2.06 bits per heavy atom. The number of imide groups is 1. The van der Waals surface area contributed by atoms with Crippen LogP contribution in [-0.2, 0) is 9.59 Å². The van der Waals surface area contributed by atoms with E-state index in [0.717, 1.165) is 18.8 Å². The molecule has 0 spiro atoms. The van der Waals surface area contributed by atoms with Gasteiger partial charge in [-0.2, -0.15) is 0 Å². The molecule has 1 aliphatic heterocycles. The second-order valence-corrected chi connectivity index (χ2v) is 5.54.